The average Bonchev–Trinajstić information content (AvgIpc) is 2.93. The number of pyridine rings is 1. The van der Waals surface area contributed by atoms with Crippen molar-refractivity contribution in [1.82, 2.24) is 9.38 Å². The number of anilines is 1. The Bertz CT molecular complexity index is 966. The lowest BCUT2D eigenvalue weighted by Crippen LogP contribution is -2.17. The number of imidazole rings is 1. The lowest BCUT2D eigenvalue weighted by Gasteiger charge is -2.19. The monoisotopic (exact) mass is 413 g/mol. The molecule has 5 heteroatoms. The fraction of sp³-hybridized carbons (Fsp3) is 0.333. The number of nitrogens with one attached hydrogen (secondary N) is 1. The minimum atomic E-state index is -0.143. The number of aryl methyl sites for hydroxylation is 2. The van der Waals surface area contributed by atoms with Crippen molar-refractivity contribution in [2.24, 2.45) is 0 Å². The van der Waals surface area contributed by atoms with Gasteiger partial charge in [0.2, 0.25) is 0 Å². The number of hydrogen-bond donors (Lipinski definition) is 1. The van der Waals surface area contributed by atoms with E-state index in [-0.39, 0.29) is 11.3 Å². The quantitative estimate of drug-likeness (QED) is 0.614. The van der Waals surface area contributed by atoms with Gasteiger partial charge in [-0.3, -0.25) is 9.20 Å². The van der Waals surface area contributed by atoms with E-state index in [0.717, 1.165) is 27.1 Å². The van der Waals surface area contributed by atoms with Gasteiger partial charge in [0.25, 0.3) is 5.91 Å². The van der Waals surface area contributed by atoms with Crippen molar-refractivity contribution in [3.63, 3.8) is 0 Å². The van der Waals surface area contributed by atoms with E-state index in [4.69, 9.17) is 0 Å². The molecule has 0 radical (unpaired) electrons. The molecule has 0 aliphatic carbocycles. The van der Waals surface area contributed by atoms with Crippen molar-refractivity contribution >= 4 is 33.2 Å². The largest absolute Gasteiger partial charge is 0.321 e. The number of amides is 1. The molecule has 0 saturated carbocycles. The number of benzene rings is 1. The van der Waals surface area contributed by atoms with Crippen LogP contribution in [0.15, 0.2) is 41.0 Å². The fourth-order valence-corrected chi connectivity index (χ4v) is 3.59. The molecule has 2 aromatic heterocycles. The zero-order valence-electron chi connectivity index (χ0n) is 15.9. The van der Waals surface area contributed by atoms with Gasteiger partial charge in [0.15, 0.2) is 0 Å². The molecule has 2 heterocycles. The van der Waals surface area contributed by atoms with Gasteiger partial charge in [-0.2, -0.15) is 0 Å². The molecule has 26 heavy (non-hydrogen) atoms. The number of fused-ring (bicyclic) bond motifs is 1. The van der Waals surface area contributed by atoms with Crippen LogP contribution in [-0.4, -0.2) is 15.3 Å². The second kappa shape index (κ2) is 6.88. The van der Waals surface area contributed by atoms with E-state index < -0.39 is 0 Å². The first-order valence-corrected chi connectivity index (χ1v) is 9.59. The zero-order valence-corrected chi connectivity index (χ0v) is 17.4. The molecule has 0 atom stereocenters. The molecule has 0 bridgehead atoms. The first-order valence-electron chi connectivity index (χ1n) is 8.79. The SMILES string of the molecule is CCc1nc2c(C)cc(Br)cn2c1C(=O)Nc1ccc(C(C)(C)C)cc1. The molecule has 3 rings (SSSR count). The van der Waals surface area contributed by atoms with E-state index >= 15 is 0 Å². The molecule has 0 spiro atoms. The van der Waals surface area contributed by atoms with Gasteiger partial charge in [-0.15, -0.1) is 0 Å². The molecule has 1 aromatic carbocycles. The molecule has 0 fully saturated rings. The Morgan fingerprint density at radius 3 is 2.46 bits per heavy atom. The molecule has 0 aliphatic rings. The van der Waals surface area contributed by atoms with Crippen molar-refractivity contribution in [1.29, 1.82) is 0 Å². The van der Waals surface area contributed by atoms with Crippen molar-refractivity contribution in [2.45, 2.75) is 46.5 Å². The second-order valence-electron chi connectivity index (χ2n) is 7.58. The lowest BCUT2D eigenvalue weighted by atomic mass is 9.87. The van der Waals surface area contributed by atoms with Gasteiger partial charge in [-0.1, -0.05) is 39.8 Å². The summed E-state index contributed by atoms with van der Waals surface area (Å²) < 4.78 is 2.79. The van der Waals surface area contributed by atoms with E-state index in [1.165, 1.54) is 5.56 Å². The molecule has 1 N–H and O–H groups in total. The first-order chi connectivity index (χ1) is 12.2. The Hall–Kier alpha value is -2.14. The molecule has 0 saturated heterocycles. The average molecular weight is 414 g/mol. The Labute approximate surface area is 162 Å². The maximum atomic E-state index is 13.0. The van der Waals surface area contributed by atoms with Gasteiger partial charge in [0.1, 0.15) is 11.3 Å². The molecule has 4 nitrogen and oxygen atoms in total. The van der Waals surface area contributed by atoms with Gasteiger partial charge in [0, 0.05) is 16.4 Å². The topological polar surface area (TPSA) is 46.4 Å². The van der Waals surface area contributed by atoms with Gasteiger partial charge in [-0.25, -0.2) is 4.98 Å². The van der Waals surface area contributed by atoms with E-state index in [2.05, 4.69) is 59.1 Å². The third kappa shape index (κ3) is 3.54. The predicted molar refractivity (Wildman–Crippen MR) is 110 cm³/mol. The number of halogens is 1. The fourth-order valence-electron chi connectivity index (χ4n) is 3.05. The van der Waals surface area contributed by atoms with Crippen LogP contribution in [0.4, 0.5) is 5.69 Å². The molecular formula is C21H24BrN3O. The smallest absolute Gasteiger partial charge is 0.274 e. The van der Waals surface area contributed by atoms with Crippen LogP contribution < -0.4 is 5.32 Å². The van der Waals surface area contributed by atoms with Crippen LogP contribution in [-0.2, 0) is 11.8 Å². The highest BCUT2D eigenvalue weighted by molar-refractivity contribution is 9.10. The van der Waals surface area contributed by atoms with Gasteiger partial charge in [0.05, 0.1) is 5.69 Å². The van der Waals surface area contributed by atoms with Crippen LogP contribution in [0.1, 0.15) is 55.0 Å². The lowest BCUT2D eigenvalue weighted by molar-refractivity contribution is 0.102. The third-order valence-corrected chi connectivity index (χ3v) is 4.94. The first kappa shape index (κ1) is 18.6. The summed E-state index contributed by atoms with van der Waals surface area (Å²) in [6.45, 7) is 10.5. The van der Waals surface area contributed by atoms with E-state index in [9.17, 15) is 4.79 Å². The van der Waals surface area contributed by atoms with Gasteiger partial charge >= 0.3 is 0 Å². The Morgan fingerprint density at radius 2 is 1.88 bits per heavy atom. The Kier molecular flexibility index (Phi) is 4.93. The molecular weight excluding hydrogens is 390 g/mol. The van der Waals surface area contributed by atoms with Crippen LogP contribution in [0.5, 0.6) is 0 Å². The maximum Gasteiger partial charge on any atom is 0.274 e. The van der Waals surface area contributed by atoms with Gasteiger partial charge in [-0.05, 0) is 64.0 Å². The summed E-state index contributed by atoms with van der Waals surface area (Å²) in [5.41, 5.74) is 5.34. The molecule has 0 aliphatic heterocycles. The summed E-state index contributed by atoms with van der Waals surface area (Å²) in [5.74, 6) is -0.143. The third-order valence-electron chi connectivity index (χ3n) is 4.50. The Balaban J connectivity index is 1.97. The minimum absolute atomic E-state index is 0.0867. The number of nitrogens with zero attached hydrogens (tertiary/aromatic N) is 2. The predicted octanol–water partition coefficient (Wildman–Crippen LogP) is 5.52. The van der Waals surface area contributed by atoms with Gasteiger partial charge < -0.3 is 5.32 Å². The summed E-state index contributed by atoms with van der Waals surface area (Å²) >= 11 is 3.51. The molecule has 3 aromatic rings. The van der Waals surface area contributed by atoms with Crippen molar-refractivity contribution in [3.8, 4) is 0 Å². The summed E-state index contributed by atoms with van der Waals surface area (Å²) in [6.07, 6.45) is 2.59. The summed E-state index contributed by atoms with van der Waals surface area (Å²) in [7, 11) is 0. The van der Waals surface area contributed by atoms with E-state index in [1.54, 1.807) is 0 Å². The zero-order chi connectivity index (χ0) is 19.1. The van der Waals surface area contributed by atoms with Crippen LogP contribution in [0.2, 0.25) is 0 Å². The van der Waals surface area contributed by atoms with Crippen molar-refractivity contribution < 1.29 is 4.79 Å². The minimum Gasteiger partial charge on any atom is -0.321 e. The second-order valence-corrected chi connectivity index (χ2v) is 8.49. The number of aromatic nitrogens is 2. The number of carbonyl (C=O) groups is 1. The van der Waals surface area contributed by atoms with Crippen LogP contribution in [0, 0.1) is 6.92 Å². The highest BCUT2D eigenvalue weighted by Crippen LogP contribution is 2.25. The van der Waals surface area contributed by atoms with E-state index in [1.807, 2.05) is 42.6 Å². The highest BCUT2D eigenvalue weighted by atomic mass is 79.9. The maximum absolute atomic E-state index is 13.0. The van der Waals surface area contributed by atoms with Crippen molar-refractivity contribution in [2.75, 3.05) is 5.32 Å². The Morgan fingerprint density at radius 1 is 1.23 bits per heavy atom. The standard InChI is InChI=1S/C21H24BrN3O/c1-6-17-18(25-12-15(22)11-13(2)19(25)24-17)20(26)23-16-9-7-14(8-10-16)21(3,4)5/h7-12H,6H2,1-5H3,(H,23,26). The number of carbonyl (C=O) groups excluding carboxylic acids is 1. The summed E-state index contributed by atoms with van der Waals surface area (Å²) in [6, 6.07) is 10.0. The molecule has 0 unspecified atom stereocenters. The van der Waals surface area contributed by atoms with Crippen LogP contribution in [0.3, 0.4) is 0 Å². The summed E-state index contributed by atoms with van der Waals surface area (Å²) in [5, 5.41) is 3.01. The molecule has 1 amide bonds. The highest BCUT2D eigenvalue weighted by Gasteiger charge is 2.20. The summed E-state index contributed by atoms with van der Waals surface area (Å²) in [4.78, 5) is 17.6. The van der Waals surface area contributed by atoms with Crippen molar-refractivity contribution in [3.05, 3.63) is 63.5 Å². The molecule has 136 valence electrons. The van der Waals surface area contributed by atoms with E-state index in [0.29, 0.717) is 12.1 Å². The number of rotatable bonds is 3. The van der Waals surface area contributed by atoms with Crippen LogP contribution >= 0.6 is 15.9 Å². The van der Waals surface area contributed by atoms with Crippen LogP contribution in [0.25, 0.3) is 5.65 Å². The normalized spacial score (nSPS) is 11.8. The number of hydrogen-bond acceptors (Lipinski definition) is 2.